The van der Waals surface area contributed by atoms with Crippen molar-refractivity contribution < 1.29 is 9.53 Å². The fourth-order valence-corrected chi connectivity index (χ4v) is 2.24. The predicted molar refractivity (Wildman–Crippen MR) is 68.8 cm³/mol. The van der Waals surface area contributed by atoms with Gasteiger partial charge in [0.2, 0.25) is 0 Å². The van der Waals surface area contributed by atoms with E-state index in [9.17, 15) is 4.79 Å². The minimum Gasteiger partial charge on any atom is -0.469 e. The Hall–Kier alpha value is -1.05. The molecule has 1 unspecified atom stereocenters. The summed E-state index contributed by atoms with van der Waals surface area (Å²) in [5, 5.41) is 9.61. The molecular weight excluding hydrogens is 305 g/mol. The molecule has 0 saturated carbocycles. The van der Waals surface area contributed by atoms with E-state index in [1.54, 1.807) is 12.1 Å². The summed E-state index contributed by atoms with van der Waals surface area (Å²) in [6, 6.07) is 7.50. The lowest BCUT2D eigenvalue weighted by Gasteiger charge is -2.10. The third-order valence-corrected chi connectivity index (χ3v) is 3.18. The minimum absolute atomic E-state index is 0.209. The fourth-order valence-electron chi connectivity index (χ4n) is 1.44. The average molecular weight is 317 g/mol. The van der Waals surface area contributed by atoms with Crippen LogP contribution in [0.4, 0.5) is 0 Å². The number of nitrogens with zero attached hydrogens (tertiary/aromatic N) is 1. The second kappa shape index (κ2) is 6.63. The fraction of sp³-hybridized carbons (Fsp3) is 0.333. The molecule has 1 aromatic carbocycles. The first-order valence-corrected chi connectivity index (χ1v) is 6.17. The van der Waals surface area contributed by atoms with E-state index in [0.717, 1.165) is 10.0 Å². The Bertz CT molecular complexity index is 456. The van der Waals surface area contributed by atoms with Gasteiger partial charge in [-0.3, -0.25) is 4.79 Å². The first-order valence-electron chi connectivity index (χ1n) is 5.00. The van der Waals surface area contributed by atoms with Crippen molar-refractivity contribution in [3.63, 3.8) is 0 Å². The van der Waals surface area contributed by atoms with Crippen molar-refractivity contribution in [3.8, 4) is 6.07 Å². The highest BCUT2D eigenvalue weighted by Crippen LogP contribution is 2.30. The van der Waals surface area contributed by atoms with Gasteiger partial charge in [0.05, 0.1) is 19.1 Å². The van der Waals surface area contributed by atoms with E-state index in [1.807, 2.05) is 6.07 Å². The predicted octanol–water partition coefficient (Wildman–Crippen LogP) is 3.66. The summed E-state index contributed by atoms with van der Waals surface area (Å²) in [4.78, 5) is 11.0. The maximum atomic E-state index is 11.0. The Morgan fingerprint density at radius 1 is 1.65 bits per heavy atom. The second-order valence-corrected chi connectivity index (χ2v) is 4.79. The Balaban J connectivity index is 2.80. The molecule has 0 saturated heterocycles. The number of carbonyl (C=O) groups is 1. The summed E-state index contributed by atoms with van der Waals surface area (Å²) in [5.41, 5.74) is 0.737. The van der Waals surface area contributed by atoms with Gasteiger partial charge in [-0.1, -0.05) is 33.6 Å². The number of hydrogen-bond acceptors (Lipinski definition) is 3. The highest BCUT2D eigenvalue weighted by atomic mass is 79.9. The standard InChI is InChI=1S/C12H11BrClNO2/c1-17-12(16)5-2-8(7-15)10-4-3-9(13)6-11(10)14/h3-4,6,8H,2,5H2,1H3. The molecule has 0 amide bonds. The van der Waals surface area contributed by atoms with Crippen LogP contribution in [0.1, 0.15) is 24.3 Å². The largest absolute Gasteiger partial charge is 0.469 e. The summed E-state index contributed by atoms with van der Waals surface area (Å²) in [6.45, 7) is 0. The number of halogens is 2. The van der Waals surface area contributed by atoms with Gasteiger partial charge in [0.25, 0.3) is 0 Å². The van der Waals surface area contributed by atoms with Gasteiger partial charge < -0.3 is 4.74 Å². The van der Waals surface area contributed by atoms with Crippen LogP contribution in [0.5, 0.6) is 0 Å². The lowest BCUT2D eigenvalue weighted by atomic mass is 9.96. The van der Waals surface area contributed by atoms with E-state index in [4.69, 9.17) is 16.9 Å². The zero-order valence-electron chi connectivity index (χ0n) is 9.24. The molecule has 1 aromatic rings. The molecule has 0 aliphatic rings. The van der Waals surface area contributed by atoms with E-state index in [0.29, 0.717) is 11.4 Å². The molecule has 0 radical (unpaired) electrons. The smallest absolute Gasteiger partial charge is 0.305 e. The molecule has 1 atom stereocenters. The summed E-state index contributed by atoms with van der Waals surface area (Å²) in [7, 11) is 1.33. The zero-order valence-corrected chi connectivity index (χ0v) is 11.6. The summed E-state index contributed by atoms with van der Waals surface area (Å²) >= 11 is 9.35. The number of carbonyl (C=O) groups excluding carboxylic acids is 1. The normalized spacial score (nSPS) is 11.6. The molecular formula is C12H11BrClNO2. The average Bonchev–Trinajstić information content (AvgIpc) is 2.31. The Morgan fingerprint density at radius 3 is 2.88 bits per heavy atom. The molecule has 0 spiro atoms. The van der Waals surface area contributed by atoms with Crippen molar-refractivity contribution in [1.82, 2.24) is 0 Å². The van der Waals surface area contributed by atoms with Crippen molar-refractivity contribution in [2.24, 2.45) is 0 Å². The summed E-state index contributed by atoms with van der Waals surface area (Å²) < 4.78 is 5.40. The van der Waals surface area contributed by atoms with E-state index in [-0.39, 0.29) is 12.4 Å². The lowest BCUT2D eigenvalue weighted by Crippen LogP contribution is -2.04. The van der Waals surface area contributed by atoms with Crippen LogP contribution in [0.15, 0.2) is 22.7 Å². The van der Waals surface area contributed by atoms with Gasteiger partial charge in [0.1, 0.15) is 0 Å². The van der Waals surface area contributed by atoms with Gasteiger partial charge >= 0.3 is 5.97 Å². The van der Waals surface area contributed by atoms with Crippen LogP contribution < -0.4 is 0 Å². The summed E-state index contributed by atoms with van der Waals surface area (Å²) in [5.74, 6) is -0.715. The number of nitriles is 1. The number of rotatable bonds is 4. The van der Waals surface area contributed by atoms with Gasteiger partial charge in [-0.05, 0) is 24.1 Å². The molecule has 17 heavy (non-hydrogen) atoms. The highest BCUT2D eigenvalue weighted by molar-refractivity contribution is 9.10. The third-order valence-electron chi connectivity index (χ3n) is 2.36. The van der Waals surface area contributed by atoms with Crippen LogP contribution >= 0.6 is 27.5 Å². The molecule has 0 fully saturated rings. The van der Waals surface area contributed by atoms with Crippen molar-refractivity contribution >= 4 is 33.5 Å². The Labute approximate surface area is 113 Å². The van der Waals surface area contributed by atoms with Crippen LogP contribution in [0, 0.1) is 11.3 Å². The number of esters is 1. The second-order valence-electron chi connectivity index (χ2n) is 3.46. The van der Waals surface area contributed by atoms with E-state index in [2.05, 4.69) is 26.7 Å². The van der Waals surface area contributed by atoms with Gasteiger partial charge in [0, 0.05) is 15.9 Å². The van der Waals surface area contributed by atoms with Crippen LogP contribution in [-0.2, 0) is 9.53 Å². The van der Waals surface area contributed by atoms with Crippen LogP contribution in [0.25, 0.3) is 0 Å². The monoisotopic (exact) mass is 315 g/mol. The number of hydrogen-bond donors (Lipinski definition) is 0. The molecule has 0 aromatic heterocycles. The lowest BCUT2D eigenvalue weighted by molar-refractivity contribution is -0.140. The van der Waals surface area contributed by atoms with Gasteiger partial charge in [-0.2, -0.15) is 5.26 Å². The van der Waals surface area contributed by atoms with E-state index in [1.165, 1.54) is 7.11 Å². The first kappa shape index (κ1) is 14.0. The maximum absolute atomic E-state index is 11.0. The van der Waals surface area contributed by atoms with E-state index >= 15 is 0 Å². The third kappa shape index (κ3) is 4.03. The number of methoxy groups -OCH3 is 1. The quantitative estimate of drug-likeness (QED) is 0.796. The molecule has 0 heterocycles. The van der Waals surface area contributed by atoms with Gasteiger partial charge in [-0.25, -0.2) is 0 Å². The van der Waals surface area contributed by atoms with Crippen molar-refractivity contribution in [1.29, 1.82) is 5.26 Å². The molecule has 90 valence electrons. The topological polar surface area (TPSA) is 50.1 Å². The number of ether oxygens (including phenoxy) is 1. The molecule has 0 N–H and O–H groups in total. The first-order chi connectivity index (χ1) is 8.08. The summed E-state index contributed by atoms with van der Waals surface area (Å²) in [6.07, 6.45) is 0.617. The van der Waals surface area contributed by atoms with Gasteiger partial charge in [-0.15, -0.1) is 0 Å². The van der Waals surface area contributed by atoms with Crippen LogP contribution in [-0.4, -0.2) is 13.1 Å². The van der Waals surface area contributed by atoms with Crippen LogP contribution in [0.3, 0.4) is 0 Å². The molecule has 0 aliphatic heterocycles. The molecule has 3 nitrogen and oxygen atoms in total. The molecule has 5 heteroatoms. The van der Waals surface area contributed by atoms with Gasteiger partial charge in [0.15, 0.2) is 0 Å². The van der Waals surface area contributed by atoms with E-state index < -0.39 is 5.92 Å². The molecule has 0 bridgehead atoms. The van der Waals surface area contributed by atoms with Crippen LogP contribution in [0.2, 0.25) is 5.02 Å². The SMILES string of the molecule is COC(=O)CCC(C#N)c1ccc(Br)cc1Cl. The number of benzene rings is 1. The van der Waals surface area contributed by atoms with Crippen molar-refractivity contribution in [2.75, 3.05) is 7.11 Å². The Kier molecular flexibility index (Phi) is 5.46. The highest BCUT2D eigenvalue weighted by Gasteiger charge is 2.16. The molecule has 0 aliphatic carbocycles. The zero-order chi connectivity index (χ0) is 12.8. The molecule has 1 rings (SSSR count). The van der Waals surface area contributed by atoms with Crippen molar-refractivity contribution in [2.45, 2.75) is 18.8 Å². The maximum Gasteiger partial charge on any atom is 0.305 e. The Morgan fingerprint density at radius 2 is 2.35 bits per heavy atom. The minimum atomic E-state index is -0.394. The van der Waals surface area contributed by atoms with Crippen molar-refractivity contribution in [3.05, 3.63) is 33.3 Å².